The van der Waals surface area contributed by atoms with Crippen molar-refractivity contribution < 1.29 is 4.74 Å². The fraction of sp³-hybridized carbons (Fsp3) is 1.00. The van der Waals surface area contributed by atoms with Crippen molar-refractivity contribution in [3.05, 3.63) is 0 Å². The van der Waals surface area contributed by atoms with Crippen LogP contribution in [0.4, 0.5) is 0 Å². The number of likely N-dealkylation sites (N-methyl/N-ethyl adjacent to an activating group) is 1. The lowest BCUT2D eigenvalue weighted by Crippen LogP contribution is -2.39. The molecule has 0 aliphatic carbocycles. The Morgan fingerprint density at radius 1 is 1.21 bits per heavy atom. The van der Waals surface area contributed by atoms with Crippen molar-refractivity contribution in [1.29, 1.82) is 0 Å². The molecule has 0 saturated carbocycles. The minimum absolute atomic E-state index is 0.470. The first-order valence-electron chi connectivity index (χ1n) is 8.11. The lowest BCUT2D eigenvalue weighted by atomic mass is 10.0. The van der Waals surface area contributed by atoms with Gasteiger partial charge in [-0.1, -0.05) is 13.8 Å². The average molecular weight is 270 g/mol. The quantitative estimate of drug-likeness (QED) is 0.697. The van der Waals surface area contributed by atoms with Gasteiger partial charge in [0.15, 0.2) is 0 Å². The summed E-state index contributed by atoms with van der Waals surface area (Å²) < 4.78 is 5.78. The maximum absolute atomic E-state index is 5.78. The molecule has 2 unspecified atom stereocenters. The summed E-state index contributed by atoms with van der Waals surface area (Å²) in [7, 11) is 2.21. The highest BCUT2D eigenvalue weighted by atomic mass is 16.5. The molecule has 1 saturated heterocycles. The van der Waals surface area contributed by atoms with Gasteiger partial charge in [0, 0.05) is 32.3 Å². The second-order valence-electron chi connectivity index (χ2n) is 6.58. The first-order valence-corrected chi connectivity index (χ1v) is 8.11. The van der Waals surface area contributed by atoms with E-state index in [2.05, 4.69) is 38.0 Å². The van der Waals surface area contributed by atoms with Crippen molar-refractivity contribution >= 4 is 0 Å². The molecule has 1 rings (SSSR count). The maximum atomic E-state index is 5.78. The number of nitrogens with zero attached hydrogens (tertiary/aromatic N) is 1. The van der Waals surface area contributed by atoms with Crippen LogP contribution in [0.3, 0.4) is 0 Å². The zero-order valence-electron chi connectivity index (χ0n) is 13.5. The SMILES string of the molecule is CC(C)CCC(C)NCCN(C)CC1CCCCO1. The van der Waals surface area contributed by atoms with Crippen LogP contribution in [0.2, 0.25) is 0 Å². The average Bonchev–Trinajstić information content (AvgIpc) is 2.37. The first-order chi connectivity index (χ1) is 9.08. The molecule has 0 radical (unpaired) electrons. The Morgan fingerprint density at radius 3 is 2.63 bits per heavy atom. The Labute approximate surface area is 120 Å². The molecule has 0 aromatic heterocycles. The molecule has 2 atom stereocenters. The summed E-state index contributed by atoms with van der Waals surface area (Å²) in [5.74, 6) is 0.815. The summed E-state index contributed by atoms with van der Waals surface area (Å²) in [6.07, 6.45) is 6.89. The van der Waals surface area contributed by atoms with Crippen LogP contribution in [-0.2, 0) is 4.74 Å². The van der Waals surface area contributed by atoms with Crippen LogP contribution in [0, 0.1) is 5.92 Å². The van der Waals surface area contributed by atoms with Gasteiger partial charge in [-0.25, -0.2) is 0 Å². The van der Waals surface area contributed by atoms with E-state index in [-0.39, 0.29) is 0 Å². The minimum atomic E-state index is 0.470. The van der Waals surface area contributed by atoms with E-state index in [1.807, 2.05) is 0 Å². The van der Waals surface area contributed by atoms with Gasteiger partial charge in [0.2, 0.25) is 0 Å². The van der Waals surface area contributed by atoms with Crippen LogP contribution in [0.1, 0.15) is 52.9 Å². The molecule has 1 fully saturated rings. The fourth-order valence-corrected chi connectivity index (χ4v) is 2.58. The molecule has 1 N–H and O–H groups in total. The molecular formula is C16H34N2O. The van der Waals surface area contributed by atoms with Crippen LogP contribution in [0.5, 0.6) is 0 Å². The van der Waals surface area contributed by atoms with E-state index >= 15 is 0 Å². The van der Waals surface area contributed by atoms with Crippen LogP contribution in [-0.4, -0.2) is 50.3 Å². The molecule has 0 aromatic carbocycles. The van der Waals surface area contributed by atoms with Crippen molar-refractivity contribution in [3.63, 3.8) is 0 Å². The molecule has 0 amide bonds. The first kappa shape index (κ1) is 16.9. The van der Waals surface area contributed by atoms with E-state index < -0.39 is 0 Å². The Balaban J connectivity index is 2.01. The van der Waals surface area contributed by atoms with E-state index in [0.717, 1.165) is 32.2 Å². The monoisotopic (exact) mass is 270 g/mol. The van der Waals surface area contributed by atoms with Gasteiger partial charge in [-0.2, -0.15) is 0 Å². The van der Waals surface area contributed by atoms with Gasteiger partial charge in [-0.3, -0.25) is 0 Å². The molecule has 19 heavy (non-hydrogen) atoms. The number of nitrogens with one attached hydrogen (secondary N) is 1. The van der Waals surface area contributed by atoms with E-state index in [0.29, 0.717) is 12.1 Å². The minimum Gasteiger partial charge on any atom is -0.377 e. The molecule has 1 aliphatic heterocycles. The van der Waals surface area contributed by atoms with Gasteiger partial charge in [-0.05, 0) is 52.0 Å². The fourth-order valence-electron chi connectivity index (χ4n) is 2.58. The Kier molecular flexibility index (Phi) is 8.67. The topological polar surface area (TPSA) is 24.5 Å². The maximum Gasteiger partial charge on any atom is 0.0701 e. The zero-order chi connectivity index (χ0) is 14.1. The van der Waals surface area contributed by atoms with Crippen LogP contribution in [0.15, 0.2) is 0 Å². The highest BCUT2D eigenvalue weighted by molar-refractivity contribution is 4.69. The highest BCUT2D eigenvalue weighted by Crippen LogP contribution is 2.13. The van der Waals surface area contributed by atoms with Gasteiger partial charge in [-0.15, -0.1) is 0 Å². The van der Waals surface area contributed by atoms with Crippen LogP contribution >= 0.6 is 0 Å². The normalized spacial score (nSPS) is 22.1. The van der Waals surface area contributed by atoms with Crippen molar-refractivity contribution in [2.75, 3.05) is 33.3 Å². The lowest BCUT2D eigenvalue weighted by molar-refractivity contribution is -0.00129. The van der Waals surface area contributed by atoms with Crippen LogP contribution in [0.25, 0.3) is 0 Å². The summed E-state index contributed by atoms with van der Waals surface area (Å²) in [5, 5.41) is 3.62. The van der Waals surface area contributed by atoms with Crippen molar-refractivity contribution in [2.24, 2.45) is 5.92 Å². The second kappa shape index (κ2) is 9.73. The Bertz CT molecular complexity index is 215. The molecule has 3 heteroatoms. The molecule has 0 aromatic rings. The standard InChI is InChI=1S/C16H34N2O/c1-14(2)8-9-15(3)17-10-11-18(4)13-16-7-5-6-12-19-16/h14-17H,5-13H2,1-4H3. The summed E-state index contributed by atoms with van der Waals surface area (Å²) in [6, 6.07) is 0.640. The van der Waals surface area contributed by atoms with E-state index in [1.54, 1.807) is 0 Å². The third-order valence-electron chi connectivity index (χ3n) is 3.95. The Morgan fingerprint density at radius 2 is 2.00 bits per heavy atom. The van der Waals surface area contributed by atoms with Crippen molar-refractivity contribution in [1.82, 2.24) is 10.2 Å². The lowest BCUT2D eigenvalue weighted by Gasteiger charge is -2.27. The number of rotatable bonds is 9. The number of ether oxygens (including phenoxy) is 1. The molecule has 1 heterocycles. The third-order valence-corrected chi connectivity index (χ3v) is 3.95. The molecule has 0 spiro atoms. The van der Waals surface area contributed by atoms with Gasteiger partial charge in [0.25, 0.3) is 0 Å². The number of hydrogen-bond donors (Lipinski definition) is 1. The summed E-state index contributed by atoms with van der Waals surface area (Å²) in [5.41, 5.74) is 0. The molecule has 114 valence electrons. The predicted octanol–water partition coefficient (Wildman–Crippen LogP) is 2.90. The van der Waals surface area contributed by atoms with Gasteiger partial charge >= 0.3 is 0 Å². The van der Waals surface area contributed by atoms with Crippen LogP contribution < -0.4 is 5.32 Å². The van der Waals surface area contributed by atoms with Gasteiger partial charge in [0.05, 0.1) is 6.10 Å². The number of hydrogen-bond acceptors (Lipinski definition) is 3. The summed E-state index contributed by atoms with van der Waals surface area (Å²) in [6.45, 7) is 11.1. The van der Waals surface area contributed by atoms with E-state index in [4.69, 9.17) is 4.74 Å². The van der Waals surface area contributed by atoms with Crippen molar-refractivity contribution in [3.8, 4) is 0 Å². The summed E-state index contributed by atoms with van der Waals surface area (Å²) >= 11 is 0. The predicted molar refractivity (Wildman–Crippen MR) is 82.6 cm³/mol. The summed E-state index contributed by atoms with van der Waals surface area (Å²) in [4.78, 5) is 2.40. The largest absolute Gasteiger partial charge is 0.377 e. The third kappa shape index (κ3) is 8.61. The smallest absolute Gasteiger partial charge is 0.0701 e. The molecule has 1 aliphatic rings. The molecule has 0 bridgehead atoms. The molecular weight excluding hydrogens is 236 g/mol. The second-order valence-corrected chi connectivity index (χ2v) is 6.58. The van der Waals surface area contributed by atoms with E-state index in [1.165, 1.54) is 32.1 Å². The van der Waals surface area contributed by atoms with Crippen molar-refractivity contribution in [2.45, 2.75) is 65.0 Å². The Hall–Kier alpha value is -0.120. The van der Waals surface area contributed by atoms with E-state index in [9.17, 15) is 0 Å². The highest BCUT2D eigenvalue weighted by Gasteiger charge is 2.15. The molecule has 3 nitrogen and oxygen atoms in total. The van der Waals surface area contributed by atoms with Gasteiger partial charge < -0.3 is 15.0 Å². The van der Waals surface area contributed by atoms with Gasteiger partial charge in [0.1, 0.15) is 0 Å². The zero-order valence-corrected chi connectivity index (χ0v) is 13.5.